The highest BCUT2D eigenvalue weighted by molar-refractivity contribution is 7.18. The Balaban J connectivity index is 1.47. The summed E-state index contributed by atoms with van der Waals surface area (Å²) in [5.74, 6) is 0.752. The van der Waals surface area contributed by atoms with Gasteiger partial charge in [-0.2, -0.15) is 0 Å². The molecule has 4 aromatic rings. The molecule has 5 rings (SSSR count). The van der Waals surface area contributed by atoms with E-state index in [4.69, 9.17) is 4.42 Å². The molecule has 0 radical (unpaired) electrons. The molecule has 0 saturated carbocycles. The van der Waals surface area contributed by atoms with Gasteiger partial charge in [0, 0.05) is 21.8 Å². The maximum atomic E-state index is 13.0. The molecule has 1 aliphatic carbocycles. The van der Waals surface area contributed by atoms with E-state index in [9.17, 15) is 9.59 Å². The predicted molar refractivity (Wildman–Crippen MR) is 112 cm³/mol. The van der Waals surface area contributed by atoms with Gasteiger partial charge < -0.3 is 8.98 Å². The Kier molecular flexibility index (Phi) is 4.28. The van der Waals surface area contributed by atoms with E-state index in [1.165, 1.54) is 15.8 Å². The van der Waals surface area contributed by atoms with Crippen LogP contribution in [-0.2, 0) is 25.9 Å². The highest BCUT2D eigenvalue weighted by atomic mass is 32.1. The topological polar surface area (TPSA) is 70.0 Å². The lowest BCUT2D eigenvalue weighted by molar-refractivity contribution is 0.0970. The molecule has 7 heteroatoms. The third-order valence-corrected chi connectivity index (χ3v) is 6.97. The fraction of sp³-hybridized carbons (Fsp3) is 0.318. The van der Waals surface area contributed by atoms with Crippen molar-refractivity contribution in [1.29, 1.82) is 0 Å². The van der Waals surface area contributed by atoms with Crippen molar-refractivity contribution in [2.24, 2.45) is 0 Å². The van der Waals surface area contributed by atoms with Crippen LogP contribution in [0.4, 0.5) is 0 Å². The first-order chi connectivity index (χ1) is 14.0. The lowest BCUT2D eigenvalue weighted by Gasteiger charge is -2.08. The van der Waals surface area contributed by atoms with E-state index in [-0.39, 0.29) is 17.9 Å². The molecule has 0 bridgehead atoms. The second-order valence-corrected chi connectivity index (χ2v) is 8.67. The summed E-state index contributed by atoms with van der Waals surface area (Å²) in [5, 5.41) is 0.709. The summed E-state index contributed by atoms with van der Waals surface area (Å²) in [6.45, 7) is 4.48. The SMILES string of the molecule is Cc1cc(C(=O)Cn2cnc3sc4c(c3c2=O)CCC4)c(C)n1Cc1ccco1. The van der Waals surface area contributed by atoms with Gasteiger partial charge in [-0.1, -0.05) is 0 Å². The summed E-state index contributed by atoms with van der Waals surface area (Å²) in [4.78, 5) is 32.6. The summed E-state index contributed by atoms with van der Waals surface area (Å²) in [7, 11) is 0. The summed E-state index contributed by atoms with van der Waals surface area (Å²) in [6, 6.07) is 5.66. The van der Waals surface area contributed by atoms with Crippen molar-refractivity contribution in [2.75, 3.05) is 0 Å². The zero-order valence-corrected chi connectivity index (χ0v) is 17.2. The van der Waals surface area contributed by atoms with Crippen LogP contribution in [0.2, 0.25) is 0 Å². The van der Waals surface area contributed by atoms with E-state index in [1.54, 1.807) is 17.6 Å². The Morgan fingerprint density at radius 1 is 1.31 bits per heavy atom. The molecule has 6 nitrogen and oxygen atoms in total. The van der Waals surface area contributed by atoms with Crippen LogP contribution in [-0.4, -0.2) is 19.9 Å². The number of carbonyl (C=O) groups is 1. The van der Waals surface area contributed by atoms with Crippen LogP contribution in [0.15, 0.2) is 40.0 Å². The highest BCUT2D eigenvalue weighted by Crippen LogP contribution is 2.34. The first-order valence-corrected chi connectivity index (χ1v) is 10.6. The Hall–Kier alpha value is -2.93. The quantitative estimate of drug-likeness (QED) is 0.471. The molecule has 0 saturated heterocycles. The third-order valence-electron chi connectivity index (χ3n) is 5.77. The van der Waals surface area contributed by atoms with Crippen molar-refractivity contribution in [3.05, 3.63) is 74.3 Å². The number of fused-ring (bicyclic) bond motifs is 3. The van der Waals surface area contributed by atoms with E-state index in [2.05, 4.69) is 9.55 Å². The number of thiophene rings is 1. The van der Waals surface area contributed by atoms with Gasteiger partial charge in [0.05, 0.1) is 31.1 Å². The van der Waals surface area contributed by atoms with Crippen molar-refractivity contribution in [1.82, 2.24) is 14.1 Å². The Bertz CT molecular complexity index is 1290. The van der Waals surface area contributed by atoms with Gasteiger partial charge in [-0.15, -0.1) is 11.3 Å². The number of hydrogen-bond donors (Lipinski definition) is 0. The molecule has 0 spiro atoms. The zero-order valence-electron chi connectivity index (χ0n) is 16.4. The van der Waals surface area contributed by atoms with Crippen molar-refractivity contribution in [3.63, 3.8) is 0 Å². The van der Waals surface area contributed by atoms with Gasteiger partial charge >= 0.3 is 0 Å². The van der Waals surface area contributed by atoms with Crippen LogP contribution >= 0.6 is 11.3 Å². The minimum absolute atomic E-state index is 0.00254. The summed E-state index contributed by atoms with van der Waals surface area (Å²) < 4.78 is 8.95. The normalized spacial score (nSPS) is 13.3. The standard InChI is InChI=1S/C22H21N3O3S/c1-13-9-17(14(2)25(13)10-15-5-4-8-28-15)18(26)11-24-12-23-21-20(22(24)27)16-6-3-7-19(16)29-21/h4-5,8-9,12H,3,6-7,10-11H2,1-2H3. The molecule has 0 fully saturated rings. The molecule has 148 valence electrons. The van der Waals surface area contributed by atoms with E-state index in [0.29, 0.717) is 17.5 Å². The Labute approximate surface area is 171 Å². The maximum Gasteiger partial charge on any atom is 0.262 e. The van der Waals surface area contributed by atoms with Crippen LogP contribution in [0.3, 0.4) is 0 Å². The lowest BCUT2D eigenvalue weighted by atomic mass is 10.1. The van der Waals surface area contributed by atoms with E-state index in [0.717, 1.165) is 46.8 Å². The summed E-state index contributed by atoms with van der Waals surface area (Å²) in [5.41, 5.74) is 3.53. The fourth-order valence-electron chi connectivity index (χ4n) is 4.26. The number of ketones is 1. The zero-order chi connectivity index (χ0) is 20.1. The first kappa shape index (κ1) is 18.1. The van der Waals surface area contributed by atoms with Crippen molar-refractivity contribution in [3.8, 4) is 0 Å². The third kappa shape index (κ3) is 2.97. The van der Waals surface area contributed by atoms with Gasteiger partial charge in [0.1, 0.15) is 10.6 Å². The first-order valence-electron chi connectivity index (χ1n) is 9.75. The molecule has 4 heterocycles. The average Bonchev–Trinajstić information content (AvgIpc) is 3.45. The molecule has 0 aromatic carbocycles. The van der Waals surface area contributed by atoms with Crippen molar-refractivity contribution >= 4 is 27.3 Å². The molecule has 29 heavy (non-hydrogen) atoms. The minimum Gasteiger partial charge on any atom is -0.467 e. The molecule has 1 aliphatic rings. The Morgan fingerprint density at radius 3 is 2.97 bits per heavy atom. The van der Waals surface area contributed by atoms with Crippen LogP contribution in [0, 0.1) is 13.8 Å². The monoisotopic (exact) mass is 407 g/mol. The van der Waals surface area contributed by atoms with E-state index >= 15 is 0 Å². The summed E-state index contributed by atoms with van der Waals surface area (Å²) >= 11 is 1.61. The molecule has 0 atom stereocenters. The number of Topliss-reactive ketones (excluding diaryl/α,β-unsaturated/α-hetero) is 1. The number of nitrogens with zero attached hydrogens (tertiary/aromatic N) is 3. The van der Waals surface area contributed by atoms with Gasteiger partial charge in [-0.05, 0) is 56.9 Å². The van der Waals surface area contributed by atoms with Crippen LogP contribution < -0.4 is 5.56 Å². The maximum absolute atomic E-state index is 13.0. The van der Waals surface area contributed by atoms with Crippen molar-refractivity contribution in [2.45, 2.75) is 46.2 Å². The number of aryl methyl sites for hydroxylation is 3. The highest BCUT2D eigenvalue weighted by Gasteiger charge is 2.23. The van der Waals surface area contributed by atoms with Crippen LogP contribution in [0.25, 0.3) is 10.2 Å². The summed E-state index contributed by atoms with van der Waals surface area (Å²) in [6.07, 6.45) is 6.20. The number of furan rings is 1. The fourth-order valence-corrected chi connectivity index (χ4v) is 5.48. The van der Waals surface area contributed by atoms with Crippen LogP contribution in [0.1, 0.15) is 44.4 Å². The predicted octanol–water partition coefficient (Wildman–Crippen LogP) is 3.89. The number of hydrogen-bond acceptors (Lipinski definition) is 5. The largest absolute Gasteiger partial charge is 0.467 e. The van der Waals surface area contributed by atoms with Gasteiger partial charge in [0.2, 0.25) is 0 Å². The smallest absolute Gasteiger partial charge is 0.262 e. The number of carbonyl (C=O) groups excluding carboxylic acids is 1. The minimum atomic E-state index is -0.104. The van der Waals surface area contributed by atoms with Crippen molar-refractivity contribution < 1.29 is 9.21 Å². The molecular weight excluding hydrogens is 386 g/mol. The van der Waals surface area contributed by atoms with E-state index < -0.39 is 0 Å². The van der Waals surface area contributed by atoms with E-state index in [1.807, 2.05) is 32.0 Å². The van der Waals surface area contributed by atoms with Gasteiger partial charge in [0.15, 0.2) is 5.78 Å². The lowest BCUT2D eigenvalue weighted by Crippen LogP contribution is -2.25. The second kappa shape index (κ2) is 6.84. The average molecular weight is 407 g/mol. The Morgan fingerprint density at radius 2 is 2.17 bits per heavy atom. The molecule has 0 N–H and O–H groups in total. The second-order valence-electron chi connectivity index (χ2n) is 7.59. The molecule has 0 unspecified atom stereocenters. The van der Waals surface area contributed by atoms with Gasteiger partial charge in [-0.3, -0.25) is 14.2 Å². The number of rotatable bonds is 5. The molecule has 0 amide bonds. The number of aromatic nitrogens is 3. The van der Waals surface area contributed by atoms with Gasteiger partial charge in [-0.25, -0.2) is 4.98 Å². The molecular formula is C22H21N3O3S. The molecule has 4 aromatic heterocycles. The molecule has 0 aliphatic heterocycles. The van der Waals surface area contributed by atoms with Crippen LogP contribution in [0.5, 0.6) is 0 Å². The van der Waals surface area contributed by atoms with Gasteiger partial charge in [0.25, 0.3) is 5.56 Å².